The molecule has 3 rings (SSSR count). The fourth-order valence-electron chi connectivity index (χ4n) is 3.21. The number of sulfonamides is 1. The number of rotatable bonds is 7. The molecule has 2 aromatic rings. The zero-order chi connectivity index (χ0) is 20.9. The minimum Gasteiger partial charge on any atom is -0.381 e. The Bertz CT molecular complexity index is 942. The molecule has 1 heterocycles. The van der Waals surface area contributed by atoms with E-state index in [1.54, 1.807) is 19.2 Å². The first-order valence-electron chi connectivity index (χ1n) is 9.31. The van der Waals surface area contributed by atoms with Crippen LogP contribution in [0.15, 0.2) is 53.4 Å². The van der Waals surface area contributed by atoms with Crippen molar-refractivity contribution in [3.63, 3.8) is 0 Å². The van der Waals surface area contributed by atoms with Crippen molar-refractivity contribution in [2.24, 2.45) is 0 Å². The molecule has 7 nitrogen and oxygen atoms in total. The van der Waals surface area contributed by atoms with Gasteiger partial charge in [0.2, 0.25) is 15.9 Å². The first-order chi connectivity index (χ1) is 13.9. The summed E-state index contributed by atoms with van der Waals surface area (Å²) in [5.74, 6) is -1.41. The van der Waals surface area contributed by atoms with Crippen LogP contribution in [0.3, 0.4) is 0 Å². The maximum absolute atomic E-state index is 13.7. The van der Waals surface area contributed by atoms with Crippen LogP contribution >= 0.6 is 0 Å². The number of anilines is 2. The molecule has 1 fully saturated rings. The summed E-state index contributed by atoms with van der Waals surface area (Å²) in [5.41, 5.74) is 1.61. The number of hydrogen-bond acceptors (Lipinski definition) is 5. The van der Waals surface area contributed by atoms with Gasteiger partial charge in [-0.15, -0.1) is 0 Å². The van der Waals surface area contributed by atoms with E-state index in [2.05, 4.69) is 14.9 Å². The van der Waals surface area contributed by atoms with E-state index in [0.717, 1.165) is 43.8 Å². The number of amides is 1. The van der Waals surface area contributed by atoms with E-state index in [1.807, 2.05) is 12.1 Å². The fourth-order valence-corrected chi connectivity index (χ4v) is 4.27. The summed E-state index contributed by atoms with van der Waals surface area (Å²) in [7, 11) is -2.38. The highest BCUT2D eigenvalue weighted by Crippen LogP contribution is 2.23. The normalized spacial score (nSPS) is 15.3. The number of nitrogens with zero attached hydrogens (tertiary/aromatic N) is 1. The second kappa shape index (κ2) is 9.34. The second-order valence-corrected chi connectivity index (χ2v) is 8.51. The summed E-state index contributed by atoms with van der Waals surface area (Å²) < 4.78 is 45.4. The topological polar surface area (TPSA) is 87.7 Å². The van der Waals surface area contributed by atoms with Crippen LogP contribution in [0.4, 0.5) is 15.8 Å². The maximum atomic E-state index is 13.7. The summed E-state index contributed by atoms with van der Waals surface area (Å²) in [4.78, 5) is 13.8. The number of methoxy groups -OCH3 is 1. The molecule has 1 aliphatic rings. The molecule has 0 spiro atoms. The van der Waals surface area contributed by atoms with Crippen molar-refractivity contribution < 1.29 is 22.3 Å². The Balaban J connectivity index is 1.53. The minimum atomic E-state index is -4.11. The van der Waals surface area contributed by atoms with Gasteiger partial charge in [-0.2, -0.15) is 0 Å². The molecule has 0 aliphatic carbocycles. The zero-order valence-corrected chi connectivity index (χ0v) is 16.9. The van der Waals surface area contributed by atoms with Gasteiger partial charge in [0.05, 0.1) is 12.6 Å². The number of benzene rings is 2. The van der Waals surface area contributed by atoms with Crippen LogP contribution in [-0.4, -0.2) is 47.2 Å². The van der Waals surface area contributed by atoms with Gasteiger partial charge in [0.1, 0.15) is 10.7 Å². The molecule has 9 heteroatoms. The third-order valence-corrected chi connectivity index (χ3v) is 6.27. The van der Waals surface area contributed by atoms with Crippen molar-refractivity contribution in [2.75, 3.05) is 37.0 Å². The van der Waals surface area contributed by atoms with E-state index >= 15 is 0 Å². The van der Waals surface area contributed by atoms with Crippen molar-refractivity contribution in [1.82, 2.24) is 4.72 Å². The van der Waals surface area contributed by atoms with Gasteiger partial charge in [-0.3, -0.25) is 4.79 Å². The molecule has 1 saturated heterocycles. The molecule has 2 aromatic carbocycles. The van der Waals surface area contributed by atoms with E-state index in [0.29, 0.717) is 11.8 Å². The van der Waals surface area contributed by atoms with Crippen LogP contribution in [0, 0.1) is 5.82 Å². The molecular weight excluding hydrogens is 397 g/mol. The van der Waals surface area contributed by atoms with Crippen molar-refractivity contribution in [2.45, 2.75) is 23.8 Å². The predicted molar refractivity (Wildman–Crippen MR) is 109 cm³/mol. The molecular formula is C20H24FN3O4S. The van der Waals surface area contributed by atoms with Crippen LogP contribution in [0.1, 0.15) is 12.8 Å². The average molecular weight is 421 g/mol. The predicted octanol–water partition coefficient (Wildman–Crippen LogP) is 2.36. The van der Waals surface area contributed by atoms with E-state index < -0.39 is 33.2 Å². The molecule has 29 heavy (non-hydrogen) atoms. The Morgan fingerprint density at radius 2 is 1.79 bits per heavy atom. The van der Waals surface area contributed by atoms with E-state index in [9.17, 15) is 17.6 Å². The molecule has 0 aromatic heterocycles. The maximum Gasteiger partial charge on any atom is 0.243 e. The lowest BCUT2D eigenvalue weighted by molar-refractivity contribution is -0.115. The van der Waals surface area contributed by atoms with Gasteiger partial charge in [-0.1, -0.05) is 12.1 Å². The Morgan fingerprint density at radius 3 is 2.41 bits per heavy atom. The molecule has 1 amide bonds. The number of carbonyl (C=O) groups excluding carboxylic acids is 1. The fraction of sp³-hybridized carbons (Fsp3) is 0.350. The van der Waals surface area contributed by atoms with Gasteiger partial charge in [0.15, 0.2) is 0 Å². The van der Waals surface area contributed by atoms with Crippen LogP contribution in [-0.2, 0) is 19.6 Å². The molecule has 0 unspecified atom stereocenters. The average Bonchev–Trinajstić information content (AvgIpc) is 2.73. The Labute approximate surface area is 169 Å². The lowest BCUT2D eigenvalue weighted by Crippen LogP contribution is -2.36. The third-order valence-electron chi connectivity index (χ3n) is 4.84. The first kappa shape index (κ1) is 21.2. The smallest absolute Gasteiger partial charge is 0.243 e. The van der Waals surface area contributed by atoms with Crippen LogP contribution in [0.25, 0.3) is 0 Å². The Morgan fingerprint density at radius 1 is 1.14 bits per heavy atom. The van der Waals surface area contributed by atoms with Crippen molar-refractivity contribution in [3.05, 3.63) is 54.3 Å². The zero-order valence-electron chi connectivity index (χ0n) is 16.1. The highest BCUT2D eigenvalue weighted by molar-refractivity contribution is 7.89. The van der Waals surface area contributed by atoms with E-state index in [4.69, 9.17) is 4.74 Å². The largest absolute Gasteiger partial charge is 0.381 e. The van der Waals surface area contributed by atoms with Gasteiger partial charge in [-0.05, 0) is 49.2 Å². The second-order valence-electron chi connectivity index (χ2n) is 6.77. The standard InChI is InChI=1S/C20H24FN3O4S/c1-28-17-10-12-24(13-11-17)16-8-6-15(7-9-16)23-20(25)14-22-29(26,27)19-5-3-2-4-18(19)21/h2-9,17,22H,10-14H2,1H3,(H,23,25). The molecule has 0 saturated carbocycles. The highest BCUT2D eigenvalue weighted by atomic mass is 32.2. The summed E-state index contributed by atoms with van der Waals surface area (Å²) in [5, 5.41) is 2.63. The summed E-state index contributed by atoms with van der Waals surface area (Å²) in [6.07, 6.45) is 2.24. The van der Waals surface area contributed by atoms with Gasteiger partial charge in [-0.25, -0.2) is 17.5 Å². The van der Waals surface area contributed by atoms with Crippen LogP contribution < -0.4 is 14.9 Å². The summed E-state index contributed by atoms with van der Waals surface area (Å²) in [6, 6.07) is 12.3. The van der Waals surface area contributed by atoms with Crippen molar-refractivity contribution >= 4 is 27.3 Å². The number of nitrogens with one attached hydrogen (secondary N) is 2. The summed E-state index contributed by atoms with van der Waals surface area (Å²) >= 11 is 0. The Kier molecular flexibility index (Phi) is 6.83. The van der Waals surface area contributed by atoms with Crippen molar-refractivity contribution in [3.8, 4) is 0 Å². The molecule has 0 atom stereocenters. The monoisotopic (exact) mass is 421 g/mol. The van der Waals surface area contributed by atoms with Gasteiger partial charge < -0.3 is 15.0 Å². The quantitative estimate of drug-likeness (QED) is 0.717. The number of halogens is 1. The minimum absolute atomic E-state index is 0.304. The van der Waals surface area contributed by atoms with Crippen LogP contribution in [0.5, 0.6) is 0 Å². The van der Waals surface area contributed by atoms with Crippen LogP contribution in [0.2, 0.25) is 0 Å². The number of ether oxygens (including phenoxy) is 1. The van der Waals surface area contributed by atoms with Gasteiger partial charge >= 0.3 is 0 Å². The number of hydrogen-bond donors (Lipinski definition) is 2. The highest BCUT2D eigenvalue weighted by Gasteiger charge is 2.20. The SMILES string of the molecule is COC1CCN(c2ccc(NC(=O)CNS(=O)(=O)c3ccccc3F)cc2)CC1. The van der Waals surface area contributed by atoms with E-state index in [-0.39, 0.29) is 0 Å². The lowest BCUT2D eigenvalue weighted by atomic mass is 10.1. The summed E-state index contributed by atoms with van der Waals surface area (Å²) in [6.45, 7) is 1.31. The molecule has 0 bridgehead atoms. The number of piperidine rings is 1. The van der Waals surface area contributed by atoms with Crippen molar-refractivity contribution in [1.29, 1.82) is 0 Å². The molecule has 0 radical (unpaired) electrons. The molecule has 156 valence electrons. The number of carbonyl (C=O) groups is 1. The molecule has 1 aliphatic heterocycles. The van der Waals surface area contributed by atoms with Gasteiger partial charge in [0, 0.05) is 31.6 Å². The molecule has 2 N–H and O–H groups in total. The van der Waals surface area contributed by atoms with E-state index in [1.165, 1.54) is 12.1 Å². The van der Waals surface area contributed by atoms with Gasteiger partial charge in [0.25, 0.3) is 0 Å². The first-order valence-corrected chi connectivity index (χ1v) is 10.8. The lowest BCUT2D eigenvalue weighted by Gasteiger charge is -2.33. The third kappa shape index (κ3) is 5.53. The Hall–Kier alpha value is -2.49.